The highest BCUT2D eigenvalue weighted by Crippen LogP contribution is 2.44. The first-order chi connectivity index (χ1) is 9.51. The number of sulfonamides is 1. The highest BCUT2D eigenvalue weighted by Gasteiger charge is 2.42. The minimum Gasteiger partial charge on any atom is -0.316 e. The average Bonchev–Trinajstić information content (AvgIpc) is 3.06. The van der Waals surface area contributed by atoms with Crippen molar-refractivity contribution in [1.82, 2.24) is 20.2 Å². The predicted octanol–water partition coefficient (Wildman–Crippen LogP) is 0.904. The van der Waals surface area contributed by atoms with Crippen LogP contribution >= 0.6 is 0 Å². The maximum absolute atomic E-state index is 12.6. The molecule has 6 nitrogen and oxygen atoms in total. The van der Waals surface area contributed by atoms with Gasteiger partial charge in [0.25, 0.3) is 10.0 Å². The fourth-order valence-electron chi connectivity index (χ4n) is 3.68. The second-order valence-corrected chi connectivity index (χ2v) is 7.69. The van der Waals surface area contributed by atoms with Crippen LogP contribution < -0.4 is 10.0 Å². The monoisotopic (exact) mass is 298 g/mol. The van der Waals surface area contributed by atoms with Crippen LogP contribution in [0.4, 0.5) is 0 Å². The number of aromatic amines is 1. The third-order valence-corrected chi connectivity index (χ3v) is 6.15. The van der Waals surface area contributed by atoms with Gasteiger partial charge in [0.1, 0.15) is 0 Å². The Hall–Kier alpha value is -0.920. The van der Waals surface area contributed by atoms with Gasteiger partial charge in [-0.05, 0) is 45.1 Å². The van der Waals surface area contributed by atoms with Gasteiger partial charge < -0.3 is 5.32 Å². The van der Waals surface area contributed by atoms with E-state index in [9.17, 15) is 8.42 Å². The fourth-order valence-corrected chi connectivity index (χ4v) is 5.20. The van der Waals surface area contributed by atoms with Crippen molar-refractivity contribution in [2.75, 3.05) is 7.05 Å². The summed E-state index contributed by atoms with van der Waals surface area (Å²) in [5.74, 6) is 1.23. The molecule has 2 aliphatic carbocycles. The van der Waals surface area contributed by atoms with Gasteiger partial charge in [0, 0.05) is 23.8 Å². The van der Waals surface area contributed by atoms with E-state index in [0.717, 1.165) is 24.1 Å². The van der Waals surface area contributed by atoms with E-state index in [4.69, 9.17) is 0 Å². The molecule has 2 saturated carbocycles. The Morgan fingerprint density at radius 1 is 1.35 bits per heavy atom. The lowest BCUT2D eigenvalue weighted by Gasteiger charge is -2.22. The molecule has 7 heteroatoms. The fraction of sp³-hybridized carbons (Fsp3) is 0.769. The van der Waals surface area contributed by atoms with Gasteiger partial charge in [0.2, 0.25) is 0 Å². The number of aryl methyl sites for hydroxylation is 1. The highest BCUT2D eigenvalue weighted by atomic mass is 32.2. The molecule has 1 aromatic rings. The van der Waals surface area contributed by atoms with Crippen molar-refractivity contribution in [3.63, 3.8) is 0 Å². The average molecular weight is 298 g/mol. The molecule has 3 rings (SSSR count). The van der Waals surface area contributed by atoms with Crippen molar-refractivity contribution < 1.29 is 8.42 Å². The Morgan fingerprint density at radius 3 is 2.75 bits per heavy atom. The number of hydrogen-bond acceptors (Lipinski definition) is 4. The summed E-state index contributed by atoms with van der Waals surface area (Å²) in [6, 6.07) is 0.0955. The van der Waals surface area contributed by atoms with Gasteiger partial charge in [0.15, 0.2) is 5.03 Å². The van der Waals surface area contributed by atoms with Crippen molar-refractivity contribution in [3.05, 3.63) is 11.3 Å². The van der Waals surface area contributed by atoms with Crippen LogP contribution in [-0.4, -0.2) is 31.7 Å². The van der Waals surface area contributed by atoms with E-state index in [2.05, 4.69) is 20.2 Å². The molecule has 0 aromatic carbocycles. The second kappa shape index (κ2) is 5.13. The van der Waals surface area contributed by atoms with Crippen LogP contribution in [0.2, 0.25) is 0 Å². The Kier molecular flexibility index (Phi) is 3.60. The van der Waals surface area contributed by atoms with E-state index in [0.29, 0.717) is 18.4 Å². The molecule has 1 heterocycles. The number of rotatable bonds is 5. The first kappa shape index (κ1) is 14.0. The number of nitrogens with zero attached hydrogens (tertiary/aromatic N) is 1. The quantitative estimate of drug-likeness (QED) is 0.754. The molecule has 3 atom stereocenters. The maximum atomic E-state index is 12.6. The molecule has 0 amide bonds. The smallest absolute Gasteiger partial charge is 0.260 e. The number of fused-ring (bicyclic) bond motifs is 2. The zero-order chi connectivity index (χ0) is 14.3. The predicted molar refractivity (Wildman–Crippen MR) is 75.6 cm³/mol. The van der Waals surface area contributed by atoms with Gasteiger partial charge in [-0.3, -0.25) is 5.10 Å². The van der Waals surface area contributed by atoms with Gasteiger partial charge in [0.05, 0.1) is 0 Å². The molecule has 2 fully saturated rings. The van der Waals surface area contributed by atoms with Crippen LogP contribution in [0.15, 0.2) is 5.03 Å². The van der Waals surface area contributed by atoms with E-state index in [1.807, 2.05) is 6.92 Å². The van der Waals surface area contributed by atoms with E-state index in [-0.39, 0.29) is 11.1 Å². The Bertz CT molecular complexity index is 596. The highest BCUT2D eigenvalue weighted by molar-refractivity contribution is 7.89. The molecule has 0 radical (unpaired) electrons. The molecular formula is C13H22N4O2S. The van der Waals surface area contributed by atoms with Gasteiger partial charge in [-0.1, -0.05) is 6.42 Å². The van der Waals surface area contributed by atoms with Gasteiger partial charge in [-0.25, -0.2) is 13.1 Å². The summed E-state index contributed by atoms with van der Waals surface area (Å²) in [6.45, 7) is 2.34. The lowest BCUT2D eigenvalue weighted by molar-refractivity contribution is 0.389. The Labute approximate surface area is 119 Å². The molecule has 0 spiro atoms. The van der Waals surface area contributed by atoms with E-state index in [1.54, 1.807) is 7.05 Å². The SMILES string of the molecule is CNCc1c(S(=O)(=O)NC2CC3CCC2C3)n[nH]c1C. The maximum Gasteiger partial charge on any atom is 0.260 e. The third-order valence-electron chi connectivity index (χ3n) is 4.69. The molecule has 112 valence electrons. The standard InChI is InChI=1S/C13H22N4O2S/c1-8-11(7-14-2)13(16-15-8)20(18,19)17-12-6-9-3-4-10(12)5-9/h9-10,12,14,17H,3-7H2,1-2H3,(H,15,16). The molecule has 2 bridgehead atoms. The molecule has 20 heavy (non-hydrogen) atoms. The van der Waals surface area contributed by atoms with Crippen molar-refractivity contribution in [1.29, 1.82) is 0 Å². The number of aromatic nitrogens is 2. The first-order valence-corrected chi connectivity index (χ1v) is 8.70. The van der Waals surface area contributed by atoms with Crippen LogP contribution in [0.1, 0.15) is 36.9 Å². The summed E-state index contributed by atoms with van der Waals surface area (Å²) in [6.07, 6.45) is 4.57. The van der Waals surface area contributed by atoms with Crippen LogP contribution in [0.25, 0.3) is 0 Å². The molecule has 3 N–H and O–H groups in total. The molecule has 1 aromatic heterocycles. The van der Waals surface area contributed by atoms with Crippen molar-refractivity contribution in [3.8, 4) is 0 Å². The number of H-pyrrole nitrogens is 1. The topological polar surface area (TPSA) is 86.9 Å². The van der Waals surface area contributed by atoms with Gasteiger partial charge in [-0.15, -0.1) is 0 Å². The number of hydrogen-bond donors (Lipinski definition) is 3. The summed E-state index contributed by atoms with van der Waals surface area (Å²) in [4.78, 5) is 0. The zero-order valence-corrected chi connectivity index (χ0v) is 12.8. The number of nitrogens with one attached hydrogen (secondary N) is 3. The molecule has 3 unspecified atom stereocenters. The normalized spacial score (nSPS) is 29.2. The summed E-state index contributed by atoms with van der Waals surface area (Å²) < 4.78 is 28.0. The minimum atomic E-state index is -3.53. The van der Waals surface area contributed by atoms with Crippen molar-refractivity contribution >= 4 is 10.0 Å². The van der Waals surface area contributed by atoms with E-state index < -0.39 is 10.0 Å². The van der Waals surface area contributed by atoms with Gasteiger partial charge >= 0.3 is 0 Å². The van der Waals surface area contributed by atoms with Crippen molar-refractivity contribution in [2.24, 2.45) is 11.8 Å². The van der Waals surface area contributed by atoms with Crippen LogP contribution in [-0.2, 0) is 16.6 Å². The minimum absolute atomic E-state index is 0.0955. The van der Waals surface area contributed by atoms with Crippen LogP contribution in [0.3, 0.4) is 0 Å². The third kappa shape index (κ3) is 2.38. The van der Waals surface area contributed by atoms with Gasteiger partial charge in [-0.2, -0.15) is 5.10 Å². The van der Waals surface area contributed by atoms with E-state index >= 15 is 0 Å². The second-order valence-electron chi connectivity index (χ2n) is 6.07. The summed E-state index contributed by atoms with van der Waals surface area (Å²) in [5.41, 5.74) is 1.52. The largest absolute Gasteiger partial charge is 0.316 e. The first-order valence-electron chi connectivity index (χ1n) is 7.22. The van der Waals surface area contributed by atoms with E-state index in [1.165, 1.54) is 12.8 Å². The molecule has 0 saturated heterocycles. The molecule has 2 aliphatic rings. The Morgan fingerprint density at radius 2 is 2.15 bits per heavy atom. The summed E-state index contributed by atoms with van der Waals surface area (Å²) in [5, 5.41) is 9.91. The summed E-state index contributed by atoms with van der Waals surface area (Å²) >= 11 is 0. The Balaban J connectivity index is 1.81. The van der Waals surface area contributed by atoms with Crippen molar-refractivity contribution in [2.45, 2.75) is 50.2 Å². The van der Waals surface area contributed by atoms with Crippen LogP contribution in [0, 0.1) is 18.8 Å². The lowest BCUT2D eigenvalue weighted by atomic mass is 9.96. The summed E-state index contributed by atoms with van der Waals surface area (Å²) in [7, 11) is -1.73. The molecular weight excluding hydrogens is 276 g/mol. The van der Waals surface area contributed by atoms with Crippen LogP contribution in [0.5, 0.6) is 0 Å². The lowest BCUT2D eigenvalue weighted by Crippen LogP contribution is -2.39. The molecule has 0 aliphatic heterocycles. The zero-order valence-electron chi connectivity index (χ0n) is 11.9.